The quantitative estimate of drug-likeness (QED) is 0.601. The molecule has 2 aromatic carbocycles. The first kappa shape index (κ1) is 21.7. The Morgan fingerprint density at radius 3 is 2.46 bits per heavy atom. The van der Waals surface area contributed by atoms with Gasteiger partial charge in [0.05, 0.1) is 17.8 Å². The van der Waals surface area contributed by atoms with E-state index in [0.717, 1.165) is 0 Å². The molecule has 0 bridgehead atoms. The summed E-state index contributed by atoms with van der Waals surface area (Å²) in [5.74, 6) is -0.282. The summed E-state index contributed by atoms with van der Waals surface area (Å²) < 4.78 is 32.0. The molecule has 2 aromatic rings. The minimum atomic E-state index is -3.83. The highest BCUT2D eigenvalue weighted by Crippen LogP contribution is 2.28. The van der Waals surface area contributed by atoms with Crippen LogP contribution in [-0.2, 0) is 19.6 Å². The number of nitrogens with one attached hydrogen (secondary N) is 3. The van der Waals surface area contributed by atoms with Crippen molar-refractivity contribution < 1.29 is 22.7 Å². The topological polar surface area (TPSA) is 114 Å². The molecule has 8 nitrogen and oxygen atoms in total. The highest BCUT2D eigenvalue weighted by atomic mass is 35.5. The molecule has 0 saturated carbocycles. The van der Waals surface area contributed by atoms with E-state index in [1.165, 1.54) is 26.2 Å². The summed E-state index contributed by atoms with van der Waals surface area (Å²) >= 11 is 5.90. The molecule has 0 radical (unpaired) electrons. The minimum Gasteiger partial charge on any atom is -0.495 e. The predicted octanol–water partition coefficient (Wildman–Crippen LogP) is 2.61. The Bertz CT molecular complexity index is 979. The number of hydrogen-bond acceptors (Lipinski definition) is 5. The lowest BCUT2D eigenvalue weighted by molar-refractivity contribution is -0.116. The van der Waals surface area contributed by atoms with Gasteiger partial charge >= 0.3 is 0 Å². The molecule has 0 spiro atoms. The number of methoxy groups -OCH3 is 1. The van der Waals surface area contributed by atoms with Crippen molar-refractivity contribution in [2.24, 2.45) is 0 Å². The SMILES string of the molecule is COc1ccc(NC(C)=O)cc1NC(=O)CCNS(=O)(=O)c1ccccc1Cl. The molecule has 0 atom stereocenters. The standard InChI is InChI=1S/C18H20ClN3O5S/c1-12(23)21-13-7-8-16(27-2)15(11-13)22-18(24)9-10-20-28(25,26)17-6-4-3-5-14(17)19/h3-8,11,20H,9-10H2,1-2H3,(H,21,23)(H,22,24). The van der Waals surface area contributed by atoms with Crippen molar-refractivity contribution in [2.75, 3.05) is 24.3 Å². The number of benzene rings is 2. The second-order valence-corrected chi connectivity index (χ2v) is 7.87. The average Bonchev–Trinajstić information content (AvgIpc) is 2.61. The fourth-order valence-electron chi connectivity index (χ4n) is 2.34. The lowest BCUT2D eigenvalue weighted by atomic mass is 10.2. The van der Waals surface area contributed by atoms with Crippen molar-refractivity contribution in [3.8, 4) is 5.75 Å². The molecule has 0 saturated heterocycles. The summed E-state index contributed by atoms with van der Waals surface area (Å²) in [5, 5.41) is 5.34. The Hall–Kier alpha value is -2.62. The van der Waals surface area contributed by atoms with E-state index in [9.17, 15) is 18.0 Å². The lowest BCUT2D eigenvalue weighted by Gasteiger charge is -2.13. The summed E-state index contributed by atoms with van der Waals surface area (Å²) in [6, 6.07) is 10.8. The molecule has 0 aliphatic carbocycles. The van der Waals surface area contributed by atoms with Gasteiger partial charge in [-0.05, 0) is 30.3 Å². The maximum absolute atomic E-state index is 12.3. The van der Waals surface area contributed by atoms with Gasteiger partial charge in [-0.2, -0.15) is 0 Å². The van der Waals surface area contributed by atoms with Gasteiger partial charge in [0.15, 0.2) is 0 Å². The molecule has 2 rings (SSSR count). The summed E-state index contributed by atoms with van der Waals surface area (Å²) in [5.41, 5.74) is 0.843. The van der Waals surface area contributed by atoms with Crippen LogP contribution in [0, 0.1) is 0 Å². The predicted molar refractivity (Wildman–Crippen MR) is 107 cm³/mol. The van der Waals surface area contributed by atoms with Crippen molar-refractivity contribution in [3.63, 3.8) is 0 Å². The van der Waals surface area contributed by atoms with E-state index < -0.39 is 15.9 Å². The van der Waals surface area contributed by atoms with Crippen molar-refractivity contribution in [3.05, 3.63) is 47.5 Å². The van der Waals surface area contributed by atoms with Crippen LogP contribution in [0.2, 0.25) is 5.02 Å². The number of anilines is 2. The first-order valence-corrected chi connectivity index (χ1v) is 10.1. The van der Waals surface area contributed by atoms with E-state index in [0.29, 0.717) is 17.1 Å². The second-order valence-electron chi connectivity index (χ2n) is 5.72. The van der Waals surface area contributed by atoms with Gasteiger partial charge in [-0.1, -0.05) is 23.7 Å². The summed E-state index contributed by atoms with van der Waals surface area (Å²) in [4.78, 5) is 23.3. The minimum absolute atomic E-state index is 0.0539. The molecule has 0 unspecified atom stereocenters. The van der Waals surface area contributed by atoms with Gasteiger partial charge in [-0.15, -0.1) is 0 Å². The zero-order valence-corrected chi connectivity index (χ0v) is 16.9. The van der Waals surface area contributed by atoms with E-state index in [1.807, 2.05) is 0 Å². The largest absolute Gasteiger partial charge is 0.495 e. The Kier molecular flexibility index (Phi) is 7.38. The highest BCUT2D eigenvalue weighted by Gasteiger charge is 2.17. The number of carbonyl (C=O) groups is 2. The van der Waals surface area contributed by atoms with E-state index in [-0.39, 0.29) is 28.8 Å². The monoisotopic (exact) mass is 425 g/mol. The van der Waals surface area contributed by atoms with Gasteiger partial charge in [0.2, 0.25) is 21.8 Å². The van der Waals surface area contributed by atoms with E-state index in [1.54, 1.807) is 30.3 Å². The third-order valence-electron chi connectivity index (χ3n) is 3.56. The van der Waals surface area contributed by atoms with Crippen LogP contribution in [0.25, 0.3) is 0 Å². The molecule has 150 valence electrons. The number of amides is 2. The number of hydrogen-bond donors (Lipinski definition) is 3. The fourth-order valence-corrected chi connectivity index (χ4v) is 3.89. The molecule has 0 heterocycles. The third-order valence-corrected chi connectivity index (χ3v) is 5.53. The molecular weight excluding hydrogens is 406 g/mol. The Morgan fingerprint density at radius 1 is 1.11 bits per heavy atom. The summed E-state index contributed by atoms with van der Waals surface area (Å²) in [6.45, 7) is 1.25. The Morgan fingerprint density at radius 2 is 1.82 bits per heavy atom. The smallest absolute Gasteiger partial charge is 0.242 e. The van der Waals surface area contributed by atoms with Gasteiger partial charge in [0.25, 0.3) is 0 Å². The van der Waals surface area contributed by atoms with Crippen molar-refractivity contribution in [1.82, 2.24) is 4.72 Å². The zero-order chi connectivity index (χ0) is 20.7. The van der Waals surface area contributed by atoms with Crippen LogP contribution in [0.4, 0.5) is 11.4 Å². The molecular formula is C18H20ClN3O5S. The molecule has 0 fully saturated rings. The molecule has 28 heavy (non-hydrogen) atoms. The number of sulfonamides is 1. The number of ether oxygens (including phenoxy) is 1. The molecule has 0 aliphatic heterocycles. The maximum Gasteiger partial charge on any atom is 0.242 e. The summed E-state index contributed by atoms with van der Waals surface area (Å²) in [7, 11) is -2.38. The normalized spacial score (nSPS) is 11.0. The zero-order valence-electron chi connectivity index (χ0n) is 15.3. The van der Waals surface area contributed by atoms with E-state index in [4.69, 9.17) is 16.3 Å². The van der Waals surface area contributed by atoms with Crippen LogP contribution in [0.1, 0.15) is 13.3 Å². The number of halogens is 1. The van der Waals surface area contributed by atoms with Crippen LogP contribution in [0.5, 0.6) is 5.75 Å². The van der Waals surface area contributed by atoms with Crippen LogP contribution >= 0.6 is 11.6 Å². The van der Waals surface area contributed by atoms with Gasteiger partial charge in [0, 0.05) is 25.6 Å². The van der Waals surface area contributed by atoms with Crippen molar-refractivity contribution in [1.29, 1.82) is 0 Å². The maximum atomic E-state index is 12.3. The molecule has 10 heteroatoms. The van der Waals surface area contributed by atoms with Crippen LogP contribution in [0.3, 0.4) is 0 Å². The van der Waals surface area contributed by atoms with Crippen molar-refractivity contribution in [2.45, 2.75) is 18.2 Å². The number of rotatable bonds is 8. The molecule has 0 aromatic heterocycles. The van der Waals surface area contributed by atoms with Gasteiger partial charge in [-0.3, -0.25) is 9.59 Å². The van der Waals surface area contributed by atoms with Gasteiger partial charge < -0.3 is 15.4 Å². The second kappa shape index (κ2) is 9.54. The Balaban J connectivity index is 1.99. The average molecular weight is 426 g/mol. The third kappa shape index (κ3) is 5.95. The first-order chi connectivity index (χ1) is 13.2. The number of carbonyl (C=O) groups excluding carboxylic acids is 2. The van der Waals surface area contributed by atoms with Gasteiger partial charge in [0.1, 0.15) is 10.6 Å². The molecule has 2 amide bonds. The van der Waals surface area contributed by atoms with Crippen LogP contribution in [0.15, 0.2) is 47.4 Å². The molecule has 3 N–H and O–H groups in total. The van der Waals surface area contributed by atoms with Crippen LogP contribution < -0.4 is 20.1 Å². The van der Waals surface area contributed by atoms with E-state index >= 15 is 0 Å². The fraction of sp³-hybridized carbons (Fsp3) is 0.222. The van der Waals surface area contributed by atoms with E-state index in [2.05, 4.69) is 15.4 Å². The highest BCUT2D eigenvalue weighted by molar-refractivity contribution is 7.89. The summed E-state index contributed by atoms with van der Waals surface area (Å²) in [6.07, 6.45) is -0.114. The van der Waals surface area contributed by atoms with Gasteiger partial charge in [-0.25, -0.2) is 13.1 Å². The Labute approximate surface area is 168 Å². The van der Waals surface area contributed by atoms with Crippen LogP contribution in [-0.4, -0.2) is 33.9 Å². The lowest BCUT2D eigenvalue weighted by Crippen LogP contribution is -2.28. The molecule has 0 aliphatic rings. The first-order valence-electron chi connectivity index (χ1n) is 8.22. The van der Waals surface area contributed by atoms with Crippen molar-refractivity contribution >= 4 is 44.8 Å².